The SMILES string of the molecule is NCCC(=O)NCC1CCCCN1C(=O)CCC1CCC1. The zero-order valence-corrected chi connectivity index (χ0v) is 13.0. The van der Waals surface area contributed by atoms with Crippen LogP contribution in [0.1, 0.15) is 57.8 Å². The van der Waals surface area contributed by atoms with Crippen LogP contribution in [0.15, 0.2) is 0 Å². The van der Waals surface area contributed by atoms with Gasteiger partial charge in [-0.05, 0) is 31.6 Å². The Bertz CT molecular complexity index is 355. The zero-order chi connectivity index (χ0) is 15.1. The lowest BCUT2D eigenvalue weighted by molar-refractivity contribution is -0.136. The van der Waals surface area contributed by atoms with E-state index in [1.165, 1.54) is 19.3 Å². The first kappa shape index (κ1) is 16.3. The lowest BCUT2D eigenvalue weighted by Crippen LogP contribution is -2.49. The summed E-state index contributed by atoms with van der Waals surface area (Å²) in [6, 6.07) is 0.175. The topological polar surface area (TPSA) is 75.4 Å². The highest BCUT2D eigenvalue weighted by Gasteiger charge is 2.27. The Morgan fingerprint density at radius 3 is 2.57 bits per heavy atom. The molecule has 0 radical (unpaired) electrons. The van der Waals surface area contributed by atoms with Gasteiger partial charge in [-0.1, -0.05) is 19.3 Å². The maximum absolute atomic E-state index is 12.4. The summed E-state index contributed by atoms with van der Waals surface area (Å²) < 4.78 is 0. The second kappa shape index (κ2) is 8.37. The van der Waals surface area contributed by atoms with Crippen LogP contribution in [-0.2, 0) is 9.59 Å². The quantitative estimate of drug-likeness (QED) is 0.745. The number of amides is 2. The number of carbonyl (C=O) groups excluding carboxylic acids is 2. The number of likely N-dealkylation sites (tertiary alicyclic amines) is 1. The molecule has 1 heterocycles. The number of piperidine rings is 1. The minimum atomic E-state index is -0.00931. The average Bonchev–Trinajstić information content (AvgIpc) is 2.44. The first-order valence-corrected chi connectivity index (χ1v) is 8.47. The molecule has 3 N–H and O–H groups in total. The lowest BCUT2D eigenvalue weighted by Gasteiger charge is -2.36. The molecule has 1 unspecified atom stereocenters. The van der Waals surface area contributed by atoms with E-state index in [0.717, 1.165) is 38.1 Å². The van der Waals surface area contributed by atoms with Gasteiger partial charge in [0.1, 0.15) is 0 Å². The molecule has 1 aliphatic heterocycles. The molecule has 2 rings (SSSR count). The van der Waals surface area contributed by atoms with E-state index in [1.807, 2.05) is 4.90 Å². The number of nitrogens with zero attached hydrogens (tertiary/aromatic N) is 1. The average molecular weight is 295 g/mol. The van der Waals surface area contributed by atoms with E-state index < -0.39 is 0 Å². The van der Waals surface area contributed by atoms with Crippen LogP contribution in [0.3, 0.4) is 0 Å². The van der Waals surface area contributed by atoms with Gasteiger partial charge in [-0.2, -0.15) is 0 Å². The molecule has 1 saturated heterocycles. The van der Waals surface area contributed by atoms with Gasteiger partial charge in [0.05, 0.1) is 0 Å². The van der Waals surface area contributed by atoms with E-state index in [2.05, 4.69) is 5.32 Å². The minimum absolute atomic E-state index is 0.00931. The van der Waals surface area contributed by atoms with Gasteiger partial charge in [0.25, 0.3) is 0 Å². The zero-order valence-electron chi connectivity index (χ0n) is 13.0. The highest BCUT2D eigenvalue weighted by Crippen LogP contribution is 2.31. The normalized spacial score (nSPS) is 22.7. The van der Waals surface area contributed by atoms with Gasteiger partial charge in [-0.3, -0.25) is 9.59 Å². The van der Waals surface area contributed by atoms with Crippen molar-refractivity contribution in [2.45, 2.75) is 63.8 Å². The maximum Gasteiger partial charge on any atom is 0.222 e. The van der Waals surface area contributed by atoms with Crippen molar-refractivity contribution in [3.05, 3.63) is 0 Å². The third-order valence-corrected chi connectivity index (χ3v) is 4.84. The Kier molecular flexibility index (Phi) is 6.49. The van der Waals surface area contributed by atoms with E-state index in [9.17, 15) is 9.59 Å². The fraction of sp³-hybridized carbons (Fsp3) is 0.875. The van der Waals surface area contributed by atoms with Gasteiger partial charge in [0, 0.05) is 38.5 Å². The largest absolute Gasteiger partial charge is 0.354 e. The van der Waals surface area contributed by atoms with Crippen molar-refractivity contribution in [2.75, 3.05) is 19.6 Å². The number of nitrogens with two attached hydrogens (primary N) is 1. The predicted octanol–water partition coefficient (Wildman–Crippen LogP) is 1.41. The highest BCUT2D eigenvalue weighted by atomic mass is 16.2. The van der Waals surface area contributed by atoms with Gasteiger partial charge in [0.15, 0.2) is 0 Å². The second-order valence-corrected chi connectivity index (χ2v) is 6.42. The van der Waals surface area contributed by atoms with E-state index in [0.29, 0.717) is 25.9 Å². The molecule has 120 valence electrons. The molecule has 1 saturated carbocycles. The molecule has 0 bridgehead atoms. The molecule has 1 aliphatic carbocycles. The molecular weight excluding hydrogens is 266 g/mol. The van der Waals surface area contributed by atoms with Crippen LogP contribution >= 0.6 is 0 Å². The van der Waals surface area contributed by atoms with Gasteiger partial charge in [-0.15, -0.1) is 0 Å². The van der Waals surface area contributed by atoms with Crippen LogP contribution in [0.5, 0.6) is 0 Å². The van der Waals surface area contributed by atoms with E-state index >= 15 is 0 Å². The summed E-state index contributed by atoms with van der Waals surface area (Å²) >= 11 is 0. The standard InChI is InChI=1S/C16H29N3O2/c17-10-9-15(20)18-12-14-6-1-2-11-19(14)16(21)8-7-13-4-3-5-13/h13-14H,1-12,17H2,(H,18,20). The van der Waals surface area contributed by atoms with Crippen LogP contribution in [-0.4, -0.2) is 42.4 Å². The number of hydrogen-bond donors (Lipinski definition) is 2. The Balaban J connectivity index is 1.76. The van der Waals surface area contributed by atoms with Crippen molar-refractivity contribution in [2.24, 2.45) is 11.7 Å². The number of nitrogens with one attached hydrogen (secondary N) is 1. The monoisotopic (exact) mass is 295 g/mol. The number of carbonyl (C=O) groups is 2. The first-order valence-electron chi connectivity index (χ1n) is 8.47. The molecule has 2 amide bonds. The van der Waals surface area contributed by atoms with Crippen LogP contribution < -0.4 is 11.1 Å². The predicted molar refractivity (Wildman–Crippen MR) is 82.6 cm³/mol. The summed E-state index contributed by atoms with van der Waals surface area (Å²) in [6.45, 7) is 1.80. The Morgan fingerprint density at radius 2 is 1.90 bits per heavy atom. The fourth-order valence-corrected chi connectivity index (χ4v) is 3.24. The van der Waals surface area contributed by atoms with Gasteiger partial charge in [0.2, 0.25) is 11.8 Å². The van der Waals surface area contributed by atoms with Crippen LogP contribution in [0, 0.1) is 5.92 Å². The summed E-state index contributed by atoms with van der Waals surface area (Å²) in [6.07, 6.45) is 9.24. The van der Waals surface area contributed by atoms with Crippen molar-refractivity contribution in [1.82, 2.24) is 10.2 Å². The molecule has 5 heteroatoms. The van der Waals surface area contributed by atoms with Crippen LogP contribution in [0.2, 0.25) is 0 Å². The van der Waals surface area contributed by atoms with Crippen LogP contribution in [0.4, 0.5) is 0 Å². The summed E-state index contributed by atoms with van der Waals surface area (Å²) in [5, 5.41) is 2.91. The first-order chi connectivity index (χ1) is 10.2. The smallest absolute Gasteiger partial charge is 0.222 e. The molecule has 21 heavy (non-hydrogen) atoms. The van der Waals surface area contributed by atoms with E-state index in [4.69, 9.17) is 5.73 Å². The Morgan fingerprint density at radius 1 is 1.10 bits per heavy atom. The molecule has 2 fully saturated rings. The molecule has 0 aromatic heterocycles. The van der Waals surface area contributed by atoms with Crippen LogP contribution in [0.25, 0.3) is 0 Å². The molecule has 1 atom stereocenters. The van der Waals surface area contributed by atoms with Gasteiger partial charge < -0.3 is 16.0 Å². The van der Waals surface area contributed by atoms with Crippen molar-refractivity contribution in [3.63, 3.8) is 0 Å². The van der Waals surface area contributed by atoms with E-state index in [1.54, 1.807) is 0 Å². The van der Waals surface area contributed by atoms with E-state index in [-0.39, 0.29) is 17.9 Å². The number of rotatable bonds is 7. The maximum atomic E-state index is 12.4. The molecule has 0 aromatic rings. The number of hydrogen-bond acceptors (Lipinski definition) is 3. The minimum Gasteiger partial charge on any atom is -0.354 e. The van der Waals surface area contributed by atoms with Crippen molar-refractivity contribution in [1.29, 1.82) is 0 Å². The fourth-order valence-electron chi connectivity index (χ4n) is 3.24. The second-order valence-electron chi connectivity index (χ2n) is 6.42. The third kappa shape index (κ3) is 4.99. The van der Waals surface area contributed by atoms with Crippen molar-refractivity contribution in [3.8, 4) is 0 Å². The molecule has 0 aromatic carbocycles. The molecular formula is C16H29N3O2. The summed E-state index contributed by atoms with van der Waals surface area (Å²) in [5.41, 5.74) is 5.37. The summed E-state index contributed by atoms with van der Waals surface area (Å²) in [7, 11) is 0. The summed E-state index contributed by atoms with van der Waals surface area (Å²) in [5.74, 6) is 1.05. The third-order valence-electron chi connectivity index (χ3n) is 4.84. The molecule has 5 nitrogen and oxygen atoms in total. The Hall–Kier alpha value is -1.10. The van der Waals surface area contributed by atoms with Gasteiger partial charge in [-0.25, -0.2) is 0 Å². The van der Waals surface area contributed by atoms with Crippen molar-refractivity contribution < 1.29 is 9.59 Å². The molecule has 2 aliphatic rings. The lowest BCUT2D eigenvalue weighted by atomic mass is 9.82. The van der Waals surface area contributed by atoms with Gasteiger partial charge >= 0.3 is 0 Å². The van der Waals surface area contributed by atoms with Crippen molar-refractivity contribution >= 4 is 11.8 Å². The Labute approximate surface area is 127 Å². The summed E-state index contributed by atoms with van der Waals surface area (Å²) in [4.78, 5) is 26.0. The highest BCUT2D eigenvalue weighted by molar-refractivity contribution is 5.77. The molecule has 0 spiro atoms.